The third-order valence-electron chi connectivity index (χ3n) is 5.80. The summed E-state index contributed by atoms with van der Waals surface area (Å²) in [5.74, 6) is 1.07. The molecular weight excluding hydrogens is 330 g/mol. The molecule has 0 aromatic carbocycles. The molecule has 0 radical (unpaired) electrons. The van der Waals surface area contributed by atoms with E-state index in [0.29, 0.717) is 18.7 Å². The van der Waals surface area contributed by atoms with E-state index in [1.165, 1.54) is 32.1 Å². The van der Waals surface area contributed by atoms with Gasteiger partial charge in [-0.1, -0.05) is 37.3 Å². The maximum Gasteiger partial charge on any atom is 0.275 e. The Labute approximate surface area is 155 Å². The molecule has 144 valence electrons. The highest BCUT2D eigenvalue weighted by Crippen LogP contribution is 2.26. The number of carbonyl (C=O) groups is 2. The van der Waals surface area contributed by atoms with Crippen LogP contribution in [-0.2, 0) is 11.3 Å². The Balaban J connectivity index is 1.48. The molecule has 1 saturated carbocycles. The zero-order valence-corrected chi connectivity index (χ0v) is 16.1. The molecule has 1 aromatic heterocycles. The van der Waals surface area contributed by atoms with E-state index in [0.717, 1.165) is 32.0 Å². The fraction of sp³-hybridized carbons (Fsp3) is 0.789. The molecule has 3 rings (SSSR count). The summed E-state index contributed by atoms with van der Waals surface area (Å²) in [6, 6.07) is 0. The van der Waals surface area contributed by atoms with E-state index in [9.17, 15) is 9.59 Å². The number of likely N-dealkylation sites (tertiary alicyclic amines) is 1. The minimum Gasteiger partial charge on any atom is -0.343 e. The molecule has 2 heterocycles. The Morgan fingerprint density at radius 1 is 1.27 bits per heavy atom. The predicted octanol–water partition coefficient (Wildman–Crippen LogP) is 2.19. The van der Waals surface area contributed by atoms with Gasteiger partial charge in [0, 0.05) is 45.6 Å². The van der Waals surface area contributed by atoms with Crippen molar-refractivity contribution in [3.05, 3.63) is 11.9 Å². The van der Waals surface area contributed by atoms with E-state index in [1.807, 2.05) is 11.8 Å². The fourth-order valence-electron chi connectivity index (χ4n) is 4.24. The molecule has 1 atom stereocenters. The molecule has 7 nitrogen and oxygen atoms in total. The molecule has 1 saturated heterocycles. The molecule has 1 aliphatic carbocycles. The van der Waals surface area contributed by atoms with Gasteiger partial charge < -0.3 is 9.80 Å². The standard InChI is InChI=1S/C19H31N5O2/c1-3-23-13-16(11-18(23)25)12-22(2)19(26)17-14-24(21-20-17)10-9-15-7-5-4-6-8-15/h14-16H,3-13H2,1-2H3. The highest BCUT2D eigenvalue weighted by Gasteiger charge is 2.30. The average molecular weight is 361 g/mol. The quantitative estimate of drug-likeness (QED) is 0.746. The van der Waals surface area contributed by atoms with Gasteiger partial charge in [-0.15, -0.1) is 5.10 Å². The van der Waals surface area contributed by atoms with Gasteiger partial charge in [-0.25, -0.2) is 0 Å². The van der Waals surface area contributed by atoms with Gasteiger partial charge in [-0.05, 0) is 19.3 Å². The summed E-state index contributed by atoms with van der Waals surface area (Å²) in [5.41, 5.74) is 0.396. The number of carbonyl (C=O) groups excluding carboxylic acids is 2. The number of hydrogen-bond donors (Lipinski definition) is 0. The van der Waals surface area contributed by atoms with Crippen LogP contribution in [0, 0.1) is 11.8 Å². The van der Waals surface area contributed by atoms with Gasteiger partial charge in [0.1, 0.15) is 0 Å². The molecule has 1 unspecified atom stereocenters. The number of amides is 2. The van der Waals surface area contributed by atoms with Crippen LogP contribution in [0.5, 0.6) is 0 Å². The summed E-state index contributed by atoms with van der Waals surface area (Å²) >= 11 is 0. The Kier molecular flexibility index (Phi) is 6.27. The van der Waals surface area contributed by atoms with E-state index in [-0.39, 0.29) is 17.7 Å². The van der Waals surface area contributed by atoms with Crippen molar-refractivity contribution in [1.29, 1.82) is 0 Å². The first-order valence-electron chi connectivity index (χ1n) is 10.00. The number of aryl methyl sites for hydroxylation is 1. The van der Waals surface area contributed by atoms with E-state index >= 15 is 0 Å². The molecule has 1 aliphatic heterocycles. The smallest absolute Gasteiger partial charge is 0.275 e. The largest absolute Gasteiger partial charge is 0.343 e. The zero-order chi connectivity index (χ0) is 18.5. The van der Waals surface area contributed by atoms with Crippen molar-refractivity contribution in [3.63, 3.8) is 0 Å². The summed E-state index contributed by atoms with van der Waals surface area (Å²) in [5, 5.41) is 8.20. The Hall–Kier alpha value is -1.92. The van der Waals surface area contributed by atoms with Crippen molar-refractivity contribution in [1.82, 2.24) is 24.8 Å². The Morgan fingerprint density at radius 2 is 2.04 bits per heavy atom. The lowest BCUT2D eigenvalue weighted by Gasteiger charge is -2.21. The number of nitrogens with zero attached hydrogens (tertiary/aromatic N) is 5. The third-order valence-corrected chi connectivity index (χ3v) is 5.80. The first kappa shape index (κ1) is 18.9. The number of hydrogen-bond acceptors (Lipinski definition) is 4. The van der Waals surface area contributed by atoms with Crippen LogP contribution in [0.15, 0.2) is 6.20 Å². The molecule has 26 heavy (non-hydrogen) atoms. The maximum atomic E-state index is 12.6. The second kappa shape index (κ2) is 8.64. The van der Waals surface area contributed by atoms with Crippen molar-refractivity contribution in [2.75, 3.05) is 26.7 Å². The summed E-state index contributed by atoms with van der Waals surface area (Å²) < 4.78 is 1.80. The summed E-state index contributed by atoms with van der Waals surface area (Å²) in [7, 11) is 1.78. The van der Waals surface area contributed by atoms with Crippen LogP contribution in [0.2, 0.25) is 0 Å². The lowest BCUT2D eigenvalue weighted by Crippen LogP contribution is -2.33. The van der Waals surface area contributed by atoms with Crippen LogP contribution in [0.3, 0.4) is 0 Å². The minimum absolute atomic E-state index is 0.115. The van der Waals surface area contributed by atoms with E-state index in [1.54, 1.807) is 22.8 Å². The van der Waals surface area contributed by atoms with E-state index < -0.39 is 0 Å². The van der Waals surface area contributed by atoms with Crippen molar-refractivity contribution >= 4 is 11.8 Å². The highest BCUT2D eigenvalue weighted by atomic mass is 16.2. The van der Waals surface area contributed by atoms with Crippen molar-refractivity contribution in [3.8, 4) is 0 Å². The van der Waals surface area contributed by atoms with E-state index in [2.05, 4.69) is 10.3 Å². The molecule has 0 N–H and O–H groups in total. The molecule has 0 bridgehead atoms. The molecule has 7 heteroatoms. The summed E-state index contributed by atoms with van der Waals surface area (Å²) in [4.78, 5) is 28.0. The van der Waals surface area contributed by atoms with Gasteiger partial charge >= 0.3 is 0 Å². The maximum absolute atomic E-state index is 12.6. The lowest BCUT2D eigenvalue weighted by molar-refractivity contribution is -0.127. The topological polar surface area (TPSA) is 71.3 Å². The molecular formula is C19H31N5O2. The average Bonchev–Trinajstić information content (AvgIpc) is 3.26. The van der Waals surface area contributed by atoms with Crippen molar-refractivity contribution in [2.24, 2.45) is 11.8 Å². The first-order chi connectivity index (χ1) is 12.6. The van der Waals surface area contributed by atoms with Gasteiger partial charge in [0.25, 0.3) is 5.91 Å². The van der Waals surface area contributed by atoms with Crippen LogP contribution >= 0.6 is 0 Å². The van der Waals surface area contributed by atoms with Crippen LogP contribution in [0.4, 0.5) is 0 Å². The SMILES string of the molecule is CCN1CC(CN(C)C(=O)c2cn(CCC3CCCCC3)nn2)CC1=O. The lowest BCUT2D eigenvalue weighted by atomic mass is 9.87. The van der Waals surface area contributed by atoms with Crippen LogP contribution in [-0.4, -0.2) is 63.3 Å². The predicted molar refractivity (Wildman–Crippen MR) is 98.5 cm³/mol. The van der Waals surface area contributed by atoms with Gasteiger partial charge in [0.15, 0.2) is 5.69 Å². The second-order valence-electron chi connectivity index (χ2n) is 7.85. The third kappa shape index (κ3) is 4.62. The van der Waals surface area contributed by atoms with Crippen LogP contribution in [0.25, 0.3) is 0 Å². The monoisotopic (exact) mass is 361 g/mol. The normalized spacial score (nSPS) is 21.4. The molecule has 2 amide bonds. The van der Waals surface area contributed by atoms with Gasteiger partial charge in [-0.3, -0.25) is 14.3 Å². The van der Waals surface area contributed by atoms with Crippen molar-refractivity contribution in [2.45, 2.75) is 58.4 Å². The summed E-state index contributed by atoms with van der Waals surface area (Å²) in [6.07, 6.45) is 10.1. The number of aromatic nitrogens is 3. The Bertz CT molecular complexity index is 623. The van der Waals surface area contributed by atoms with Gasteiger partial charge in [0.2, 0.25) is 5.91 Å². The van der Waals surface area contributed by atoms with Crippen LogP contribution < -0.4 is 0 Å². The molecule has 2 aliphatic rings. The van der Waals surface area contributed by atoms with Gasteiger partial charge in [-0.2, -0.15) is 0 Å². The van der Waals surface area contributed by atoms with Gasteiger partial charge in [0.05, 0.1) is 6.20 Å². The Morgan fingerprint density at radius 3 is 2.73 bits per heavy atom. The van der Waals surface area contributed by atoms with Crippen LogP contribution in [0.1, 0.15) is 62.4 Å². The highest BCUT2D eigenvalue weighted by molar-refractivity contribution is 5.91. The molecule has 0 spiro atoms. The number of rotatable bonds is 7. The molecule has 2 fully saturated rings. The summed E-state index contributed by atoms with van der Waals surface area (Å²) in [6.45, 7) is 4.87. The van der Waals surface area contributed by atoms with Crippen molar-refractivity contribution < 1.29 is 9.59 Å². The second-order valence-corrected chi connectivity index (χ2v) is 7.85. The molecule has 1 aromatic rings. The fourth-order valence-corrected chi connectivity index (χ4v) is 4.24. The minimum atomic E-state index is -0.115. The van der Waals surface area contributed by atoms with E-state index in [4.69, 9.17) is 0 Å². The first-order valence-corrected chi connectivity index (χ1v) is 10.00. The zero-order valence-electron chi connectivity index (χ0n) is 16.1.